The van der Waals surface area contributed by atoms with Gasteiger partial charge in [0.05, 0.1) is 19.3 Å². The Morgan fingerprint density at radius 2 is 1.95 bits per heavy atom. The first-order valence-corrected chi connectivity index (χ1v) is 6.86. The van der Waals surface area contributed by atoms with Crippen LogP contribution in [0.25, 0.3) is 0 Å². The number of para-hydroxylation sites is 1. The summed E-state index contributed by atoms with van der Waals surface area (Å²) in [5.74, 6) is 0.865. The van der Waals surface area contributed by atoms with Crippen molar-refractivity contribution in [1.82, 2.24) is 4.90 Å². The lowest BCUT2D eigenvalue weighted by Crippen LogP contribution is -2.47. The molecule has 3 unspecified atom stereocenters. The van der Waals surface area contributed by atoms with E-state index in [0.717, 1.165) is 30.9 Å². The third-order valence-corrected chi connectivity index (χ3v) is 3.49. The third kappa shape index (κ3) is 3.69. The van der Waals surface area contributed by atoms with Gasteiger partial charge in [-0.25, -0.2) is 0 Å². The molecular formula is C15H24N2O2. The van der Waals surface area contributed by atoms with Crippen LogP contribution in [0.15, 0.2) is 24.3 Å². The molecule has 2 rings (SSSR count). The van der Waals surface area contributed by atoms with E-state index < -0.39 is 0 Å². The fourth-order valence-corrected chi connectivity index (χ4v) is 2.78. The number of rotatable bonds is 4. The lowest BCUT2D eigenvalue weighted by atomic mass is 10.1. The highest BCUT2D eigenvalue weighted by Gasteiger charge is 2.24. The molecule has 1 aromatic rings. The summed E-state index contributed by atoms with van der Waals surface area (Å²) in [5, 5.41) is 0. The van der Waals surface area contributed by atoms with Crippen molar-refractivity contribution in [3.63, 3.8) is 0 Å². The molecule has 106 valence electrons. The third-order valence-electron chi connectivity index (χ3n) is 3.49. The number of ether oxygens (including phenoxy) is 2. The Hall–Kier alpha value is -1.10. The van der Waals surface area contributed by atoms with Crippen LogP contribution in [0.4, 0.5) is 0 Å². The van der Waals surface area contributed by atoms with Crippen molar-refractivity contribution in [2.24, 2.45) is 5.73 Å². The smallest absolute Gasteiger partial charge is 0.123 e. The summed E-state index contributed by atoms with van der Waals surface area (Å²) in [6.45, 7) is 6.92. The molecule has 2 N–H and O–H groups in total. The molecule has 0 spiro atoms. The second-order valence-electron chi connectivity index (χ2n) is 5.32. The van der Waals surface area contributed by atoms with Gasteiger partial charge in [-0.15, -0.1) is 0 Å². The number of hydrogen-bond acceptors (Lipinski definition) is 4. The minimum absolute atomic E-state index is 0.0337. The van der Waals surface area contributed by atoms with E-state index in [1.165, 1.54) is 0 Å². The van der Waals surface area contributed by atoms with Crippen LogP contribution in [0, 0.1) is 0 Å². The molecule has 1 aliphatic rings. The van der Waals surface area contributed by atoms with E-state index in [1.807, 2.05) is 24.3 Å². The molecule has 0 aliphatic carbocycles. The summed E-state index contributed by atoms with van der Waals surface area (Å²) in [6, 6.07) is 7.93. The van der Waals surface area contributed by atoms with Crippen molar-refractivity contribution in [1.29, 1.82) is 0 Å². The second-order valence-corrected chi connectivity index (χ2v) is 5.32. The van der Waals surface area contributed by atoms with Crippen LogP contribution in [0.2, 0.25) is 0 Å². The Morgan fingerprint density at radius 3 is 2.58 bits per heavy atom. The van der Waals surface area contributed by atoms with Crippen LogP contribution in [0.3, 0.4) is 0 Å². The van der Waals surface area contributed by atoms with E-state index in [2.05, 4.69) is 18.7 Å². The molecule has 4 heteroatoms. The van der Waals surface area contributed by atoms with Crippen molar-refractivity contribution in [2.45, 2.75) is 32.1 Å². The second kappa shape index (κ2) is 6.37. The van der Waals surface area contributed by atoms with Crippen LogP contribution < -0.4 is 10.5 Å². The van der Waals surface area contributed by atoms with Crippen molar-refractivity contribution in [3.05, 3.63) is 29.8 Å². The average Bonchev–Trinajstić information content (AvgIpc) is 2.37. The van der Waals surface area contributed by atoms with Crippen LogP contribution >= 0.6 is 0 Å². The maximum Gasteiger partial charge on any atom is 0.123 e. The molecule has 1 fully saturated rings. The number of nitrogens with zero attached hydrogens (tertiary/aromatic N) is 1. The van der Waals surface area contributed by atoms with Crippen LogP contribution in [-0.4, -0.2) is 43.9 Å². The molecule has 1 aromatic carbocycles. The molecular weight excluding hydrogens is 240 g/mol. The van der Waals surface area contributed by atoms with E-state index in [0.29, 0.717) is 0 Å². The van der Waals surface area contributed by atoms with Crippen LogP contribution in [0.5, 0.6) is 5.75 Å². The van der Waals surface area contributed by atoms with Crippen molar-refractivity contribution in [2.75, 3.05) is 26.7 Å². The molecule has 0 saturated carbocycles. The maximum atomic E-state index is 6.33. The van der Waals surface area contributed by atoms with Crippen molar-refractivity contribution in [3.8, 4) is 5.75 Å². The van der Waals surface area contributed by atoms with Gasteiger partial charge in [-0.2, -0.15) is 0 Å². The summed E-state index contributed by atoms with van der Waals surface area (Å²) >= 11 is 0. The normalized spacial score (nSPS) is 26.1. The van der Waals surface area contributed by atoms with Gasteiger partial charge in [0.1, 0.15) is 5.75 Å². The number of benzene rings is 1. The number of nitrogens with two attached hydrogens (primary N) is 1. The minimum atomic E-state index is -0.0337. The van der Waals surface area contributed by atoms with Gasteiger partial charge in [-0.3, -0.25) is 4.90 Å². The Balaban J connectivity index is 2.02. The van der Waals surface area contributed by atoms with E-state index in [4.69, 9.17) is 15.2 Å². The number of methoxy groups -OCH3 is 1. The molecule has 0 amide bonds. The summed E-state index contributed by atoms with van der Waals surface area (Å²) in [6.07, 6.45) is 0.544. The van der Waals surface area contributed by atoms with Gasteiger partial charge in [0.2, 0.25) is 0 Å². The highest BCUT2D eigenvalue weighted by atomic mass is 16.5. The van der Waals surface area contributed by atoms with E-state index in [-0.39, 0.29) is 18.2 Å². The highest BCUT2D eigenvalue weighted by molar-refractivity contribution is 5.35. The summed E-state index contributed by atoms with van der Waals surface area (Å²) in [4.78, 5) is 2.37. The van der Waals surface area contributed by atoms with E-state index >= 15 is 0 Å². The first kappa shape index (κ1) is 14.3. The SMILES string of the molecule is COc1ccccc1C(N)CN1CC(C)OC(C)C1. The summed E-state index contributed by atoms with van der Waals surface area (Å²) in [5.41, 5.74) is 7.40. The quantitative estimate of drug-likeness (QED) is 0.901. The zero-order chi connectivity index (χ0) is 13.8. The molecule has 19 heavy (non-hydrogen) atoms. The van der Waals surface area contributed by atoms with Gasteiger partial charge < -0.3 is 15.2 Å². The van der Waals surface area contributed by atoms with Gasteiger partial charge in [0.15, 0.2) is 0 Å². The Labute approximate surface area is 115 Å². The fourth-order valence-electron chi connectivity index (χ4n) is 2.78. The van der Waals surface area contributed by atoms with Gasteiger partial charge in [0.25, 0.3) is 0 Å². The van der Waals surface area contributed by atoms with E-state index in [1.54, 1.807) is 7.11 Å². The highest BCUT2D eigenvalue weighted by Crippen LogP contribution is 2.24. The number of hydrogen-bond donors (Lipinski definition) is 1. The van der Waals surface area contributed by atoms with Gasteiger partial charge in [0, 0.05) is 31.2 Å². The predicted octanol–water partition coefficient (Wildman–Crippen LogP) is 1.80. The average molecular weight is 264 g/mol. The van der Waals surface area contributed by atoms with Crippen LogP contribution in [0.1, 0.15) is 25.5 Å². The molecule has 0 aromatic heterocycles. The van der Waals surface area contributed by atoms with Gasteiger partial charge in [-0.05, 0) is 19.9 Å². The standard InChI is InChI=1S/C15H24N2O2/c1-11-8-17(9-12(2)19-11)10-14(16)13-6-4-5-7-15(13)18-3/h4-7,11-12,14H,8-10,16H2,1-3H3. The zero-order valence-corrected chi connectivity index (χ0v) is 12.0. The van der Waals surface area contributed by atoms with Gasteiger partial charge >= 0.3 is 0 Å². The first-order chi connectivity index (χ1) is 9.10. The largest absolute Gasteiger partial charge is 0.496 e. The first-order valence-electron chi connectivity index (χ1n) is 6.86. The molecule has 4 nitrogen and oxygen atoms in total. The number of morpholine rings is 1. The molecule has 0 bridgehead atoms. The van der Waals surface area contributed by atoms with Crippen molar-refractivity contribution < 1.29 is 9.47 Å². The summed E-state index contributed by atoms with van der Waals surface area (Å²) in [7, 11) is 1.68. The molecule has 1 aliphatic heterocycles. The molecule has 1 heterocycles. The Bertz CT molecular complexity index is 401. The van der Waals surface area contributed by atoms with Crippen molar-refractivity contribution >= 4 is 0 Å². The minimum Gasteiger partial charge on any atom is -0.496 e. The van der Waals surface area contributed by atoms with Gasteiger partial charge in [-0.1, -0.05) is 18.2 Å². The lowest BCUT2D eigenvalue weighted by Gasteiger charge is -2.36. The maximum absolute atomic E-state index is 6.33. The molecule has 3 atom stereocenters. The summed E-state index contributed by atoms with van der Waals surface area (Å²) < 4.78 is 11.1. The lowest BCUT2D eigenvalue weighted by molar-refractivity contribution is -0.0692. The molecule has 0 radical (unpaired) electrons. The Kier molecular flexibility index (Phi) is 4.80. The fraction of sp³-hybridized carbons (Fsp3) is 0.600. The predicted molar refractivity (Wildman–Crippen MR) is 76.4 cm³/mol. The topological polar surface area (TPSA) is 47.7 Å². The zero-order valence-electron chi connectivity index (χ0n) is 12.0. The molecule has 1 saturated heterocycles. The monoisotopic (exact) mass is 264 g/mol. The van der Waals surface area contributed by atoms with E-state index in [9.17, 15) is 0 Å². The Morgan fingerprint density at radius 1 is 1.32 bits per heavy atom. The van der Waals surface area contributed by atoms with Crippen LogP contribution in [-0.2, 0) is 4.74 Å².